The molecule has 0 unspecified atom stereocenters. The molecule has 0 aliphatic carbocycles. The van der Waals surface area contributed by atoms with E-state index in [2.05, 4.69) is 23.8 Å². The van der Waals surface area contributed by atoms with Gasteiger partial charge < -0.3 is 14.3 Å². The van der Waals surface area contributed by atoms with Crippen molar-refractivity contribution in [3.05, 3.63) is 53.4 Å². The normalized spacial score (nSPS) is 14.5. The molecule has 5 heteroatoms. The summed E-state index contributed by atoms with van der Waals surface area (Å²) < 4.78 is 5.79. The Morgan fingerprint density at radius 3 is 3.04 bits per heavy atom. The molecule has 5 nitrogen and oxygen atoms in total. The molecule has 4 rings (SSSR count). The Labute approximate surface area is 134 Å². The second-order valence-electron chi connectivity index (χ2n) is 6.33. The standard InChI is InChI=1S/C18H19N3O2/c1-11(2)17-20-15-10-21(8-6-16(15)23-17)18(22)13-4-3-12-5-7-19-14(12)9-13/h3-5,7,9,11,19H,6,8,10H2,1-2H3. The molecule has 1 aliphatic heterocycles. The lowest BCUT2D eigenvalue weighted by Crippen LogP contribution is -2.35. The van der Waals surface area contributed by atoms with Crippen LogP contribution in [0.3, 0.4) is 0 Å². The van der Waals surface area contributed by atoms with E-state index in [1.54, 1.807) is 0 Å². The fourth-order valence-corrected chi connectivity index (χ4v) is 3.00. The lowest BCUT2D eigenvalue weighted by molar-refractivity contribution is 0.0728. The summed E-state index contributed by atoms with van der Waals surface area (Å²) in [7, 11) is 0. The highest BCUT2D eigenvalue weighted by molar-refractivity contribution is 5.98. The highest BCUT2D eigenvalue weighted by atomic mass is 16.4. The van der Waals surface area contributed by atoms with E-state index in [9.17, 15) is 4.79 Å². The summed E-state index contributed by atoms with van der Waals surface area (Å²) in [6, 6.07) is 7.77. The molecular weight excluding hydrogens is 290 g/mol. The number of oxazole rings is 1. The summed E-state index contributed by atoms with van der Waals surface area (Å²) in [6.07, 6.45) is 2.61. The second-order valence-corrected chi connectivity index (χ2v) is 6.33. The van der Waals surface area contributed by atoms with Gasteiger partial charge in [0.05, 0.1) is 6.54 Å². The summed E-state index contributed by atoms with van der Waals surface area (Å²) in [4.78, 5) is 22.3. The quantitative estimate of drug-likeness (QED) is 0.788. The molecule has 3 heterocycles. The summed E-state index contributed by atoms with van der Waals surface area (Å²) >= 11 is 0. The lowest BCUT2D eigenvalue weighted by atomic mass is 10.1. The van der Waals surface area contributed by atoms with Gasteiger partial charge in [-0.25, -0.2) is 4.98 Å². The van der Waals surface area contributed by atoms with Crippen molar-refractivity contribution in [2.45, 2.75) is 32.7 Å². The Balaban J connectivity index is 1.59. The number of aromatic nitrogens is 2. The number of amides is 1. The van der Waals surface area contributed by atoms with E-state index >= 15 is 0 Å². The zero-order valence-electron chi connectivity index (χ0n) is 13.3. The number of fused-ring (bicyclic) bond motifs is 2. The molecule has 23 heavy (non-hydrogen) atoms. The van der Waals surface area contributed by atoms with Gasteiger partial charge in [-0.3, -0.25) is 4.79 Å². The first-order valence-corrected chi connectivity index (χ1v) is 7.96. The Hall–Kier alpha value is -2.56. The van der Waals surface area contributed by atoms with Crippen LogP contribution >= 0.6 is 0 Å². The molecule has 118 valence electrons. The number of hydrogen-bond acceptors (Lipinski definition) is 3. The number of rotatable bonds is 2. The van der Waals surface area contributed by atoms with Gasteiger partial charge in [0.15, 0.2) is 5.89 Å². The zero-order chi connectivity index (χ0) is 16.0. The van der Waals surface area contributed by atoms with Gasteiger partial charge in [0.2, 0.25) is 0 Å². The molecular formula is C18H19N3O2. The van der Waals surface area contributed by atoms with E-state index in [4.69, 9.17) is 4.42 Å². The van der Waals surface area contributed by atoms with Crippen LogP contribution in [0, 0.1) is 0 Å². The molecule has 3 aromatic rings. The van der Waals surface area contributed by atoms with Crippen molar-refractivity contribution in [1.29, 1.82) is 0 Å². The smallest absolute Gasteiger partial charge is 0.254 e. The number of nitrogens with zero attached hydrogens (tertiary/aromatic N) is 2. The van der Waals surface area contributed by atoms with Crippen molar-refractivity contribution in [2.24, 2.45) is 0 Å². The van der Waals surface area contributed by atoms with Gasteiger partial charge in [0, 0.05) is 36.2 Å². The summed E-state index contributed by atoms with van der Waals surface area (Å²) in [5, 5.41) is 1.11. The highest BCUT2D eigenvalue weighted by Gasteiger charge is 2.26. The van der Waals surface area contributed by atoms with Crippen LogP contribution in [0.2, 0.25) is 0 Å². The van der Waals surface area contributed by atoms with E-state index < -0.39 is 0 Å². The fourth-order valence-electron chi connectivity index (χ4n) is 3.00. The zero-order valence-corrected chi connectivity index (χ0v) is 13.3. The van der Waals surface area contributed by atoms with Crippen LogP contribution in [-0.2, 0) is 13.0 Å². The first-order valence-electron chi connectivity index (χ1n) is 7.96. The van der Waals surface area contributed by atoms with Gasteiger partial charge in [0.25, 0.3) is 5.91 Å². The Kier molecular flexibility index (Phi) is 3.22. The van der Waals surface area contributed by atoms with E-state index in [0.29, 0.717) is 18.7 Å². The van der Waals surface area contributed by atoms with Gasteiger partial charge >= 0.3 is 0 Å². The maximum atomic E-state index is 12.8. The molecule has 0 radical (unpaired) electrons. The van der Waals surface area contributed by atoms with Crippen LogP contribution in [0.15, 0.2) is 34.9 Å². The minimum absolute atomic E-state index is 0.0428. The lowest BCUT2D eigenvalue weighted by Gasteiger charge is -2.25. The van der Waals surface area contributed by atoms with Crippen LogP contribution in [0.25, 0.3) is 10.9 Å². The number of H-pyrrole nitrogens is 1. The predicted molar refractivity (Wildman–Crippen MR) is 87.3 cm³/mol. The SMILES string of the molecule is CC(C)c1nc2c(o1)CCN(C(=O)c1ccc3cc[nH]c3c1)C2. The molecule has 0 saturated heterocycles. The third-order valence-electron chi connectivity index (χ3n) is 4.33. The molecule has 0 bridgehead atoms. The minimum Gasteiger partial charge on any atom is -0.445 e. The van der Waals surface area contributed by atoms with E-state index in [-0.39, 0.29) is 11.8 Å². The fraction of sp³-hybridized carbons (Fsp3) is 0.333. The summed E-state index contributed by atoms with van der Waals surface area (Å²) in [6.45, 7) is 5.31. The van der Waals surface area contributed by atoms with Gasteiger partial charge in [-0.2, -0.15) is 0 Å². The number of nitrogens with one attached hydrogen (secondary N) is 1. The highest BCUT2D eigenvalue weighted by Crippen LogP contribution is 2.25. The number of carbonyl (C=O) groups excluding carboxylic acids is 1. The van der Waals surface area contributed by atoms with Gasteiger partial charge in [-0.15, -0.1) is 0 Å². The Bertz CT molecular complexity index is 875. The van der Waals surface area contributed by atoms with Crippen molar-refractivity contribution < 1.29 is 9.21 Å². The van der Waals surface area contributed by atoms with Gasteiger partial charge in [-0.1, -0.05) is 19.9 Å². The molecule has 1 aromatic carbocycles. The van der Waals surface area contributed by atoms with E-state index in [0.717, 1.165) is 34.7 Å². The molecule has 1 aliphatic rings. The monoisotopic (exact) mass is 309 g/mol. The third-order valence-corrected chi connectivity index (χ3v) is 4.33. The number of benzene rings is 1. The largest absolute Gasteiger partial charge is 0.445 e. The average Bonchev–Trinajstić information content (AvgIpc) is 3.19. The van der Waals surface area contributed by atoms with E-state index in [1.807, 2.05) is 35.4 Å². The molecule has 0 fully saturated rings. The van der Waals surface area contributed by atoms with E-state index in [1.165, 1.54) is 0 Å². The summed E-state index contributed by atoms with van der Waals surface area (Å²) in [5.41, 5.74) is 2.59. The van der Waals surface area contributed by atoms with Crippen molar-refractivity contribution in [3.63, 3.8) is 0 Å². The molecule has 1 amide bonds. The first-order chi connectivity index (χ1) is 11.1. The third kappa shape index (κ3) is 2.42. The summed E-state index contributed by atoms with van der Waals surface area (Å²) in [5.74, 6) is 2.00. The number of carbonyl (C=O) groups is 1. The molecule has 2 aromatic heterocycles. The van der Waals surface area contributed by atoms with Crippen molar-refractivity contribution in [2.75, 3.05) is 6.54 Å². The predicted octanol–water partition coefficient (Wildman–Crippen LogP) is 3.48. The maximum absolute atomic E-state index is 12.8. The molecule has 1 N–H and O–H groups in total. The first kappa shape index (κ1) is 14.1. The van der Waals surface area contributed by atoms with Crippen molar-refractivity contribution >= 4 is 16.8 Å². The topological polar surface area (TPSA) is 62.1 Å². The van der Waals surface area contributed by atoms with Gasteiger partial charge in [0.1, 0.15) is 11.5 Å². The van der Waals surface area contributed by atoms with Crippen LogP contribution in [-0.4, -0.2) is 27.3 Å². The molecule has 0 saturated carbocycles. The van der Waals surface area contributed by atoms with Crippen LogP contribution < -0.4 is 0 Å². The number of aromatic amines is 1. The Morgan fingerprint density at radius 1 is 1.35 bits per heavy atom. The van der Waals surface area contributed by atoms with Crippen LogP contribution in [0.4, 0.5) is 0 Å². The minimum atomic E-state index is 0.0428. The number of hydrogen-bond donors (Lipinski definition) is 1. The average molecular weight is 309 g/mol. The van der Waals surface area contributed by atoms with Gasteiger partial charge in [-0.05, 0) is 23.6 Å². The van der Waals surface area contributed by atoms with Crippen LogP contribution in [0.1, 0.15) is 47.5 Å². The van der Waals surface area contributed by atoms with Crippen molar-refractivity contribution in [1.82, 2.24) is 14.9 Å². The molecule has 0 atom stereocenters. The maximum Gasteiger partial charge on any atom is 0.254 e. The molecule has 0 spiro atoms. The van der Waals surface area contributed by atoms with Crippen LogP contribution in [0.5, 0.6) is 0 Å². The second kappa shape index (κ2) is 5.26. The Morgan fingerprint density at radius 2 is 2.22 bits per heavy atom. The van der Waals surface area contributed by atoms with Crippen molar-refractivity contribution in [3.8, 4) is 0 Å².